The molecule has 1 aliphatic heterocycles. The van der Waals surface area contributed by atoms with Crippen molar-refractivity contribution in [3.05, 3.63) is 77.5 Å². The second kappa shape index (κ2) is 4.69. The summed E-state index contributed by atoms with van der Waals surface area (Å²) in [6, 6.07) is 19.4. The molecule has 0 bridgehead atoms. The Morgan fingerprint density at radius 3 is 2.44 bits per heavy atom. The topological polar surface area (TPSA) is 3.24 Å². The molecule has 0 amide bonds. The summed E-state index contributed by atoms with van der Waals surface area (Å²) in [7, 11) is 2.15. The number of rotatable bonds is 1. The van der Waals surface area contributed by atoms with E-state index in [1.165, 1.54) is 22.3 Å². The Morgan fingerprint density at radius 2 is 1.61 bits per heavy atom. The number of hydrogen-bond donors (Lipinski definition) is 0. The van der Waals surface area contributed by atoms with Crippen LogP contribution in [0.1, 0.15) is 16.7 Å². The number of benzene rings is 2. The molecular weight excluding hydrogens is 218 g/mol. The number of fused-ring (bicyclic) bond motifs is 1. The summed E-state index contributed by atoms with van der Waals surface area (Å²) in [6.07, 6.45) is 3.38. The SMILES string of the molecule is CN1C=C(c2ccccc2)c2ccccc2CC1. The quantitative estimate of drug-likeness (QED) is 0.730. The zero-order valence-electron chi connectivity index (χ0n) is 10.6. The molecule has 18 heavy (non-hydrogen) atoms. The van der Waals surface area contributed by atoms with Crippen molar-refractivity contribution < 1.29 is 0 Å². The summed E-state index contributed by atoms with van der Waals surface area (Å²) >= 11 is 0. The monoisotopic (exact) mass is 235 g/mol. The van der Waals surface area contributed by atoms with E-state index in [0.29, 0.717) is 0 Å². The van der Waals surface area contributed by atoms with Crippen molar-refractivity contribution in [2.75, 3.05) is 13.6 Å². The first-order valence-electron chi connectivity index (χ1n) is 6.40. The second-order valence-electron chi connectivity index (χ2n) is 4.80. The molecule has 1 heteroatoms. The minimum Gasteiger partial charge on any atom is -0.380 e. The first-order chi connectivity index (χ1) is 8.84. The van der Waals surface area contributed by atoms with Gasteiger partial charge in [0, 0.05) is 25.4 Å². The summed E-state index contributed by atoms with van der Waals surface area (Å²) in [5.41, 5.74) is 5.43. The molecule has 0 saturated carbocycles. The van der Waals surface area contributed by atoms with Crippen LogP contribution >= 0.6 is 0 Å². The molecule has 2 aromatic rings. The maximum absolute atomic E-state index is 2.28. The van der Waals surface area contributed by atoms with Gasteiger partial charge in [-0.05, 0) is 23.1 Å². The minimum absolute atomic E-state index is 1.08. The lowest BCUT2D eigenvalue weighted by atomic mass is 9.94. The molecular formula is C17H17N. The highest BCUT2D eigenvalue weighted by Crippen LogP contribution is 2.29. The van der Waals surface area contributed by atoms with Crippen LogP contribution in [0, 0.1) is 0 Å². The fourth-order valence-electron chi connectivity index (χ4n) is 2.50. The van der Waals surface area contributed by atoms with Crippen LogP contribution in [0.4, 0.5) is 0 Å². The van der Waals surface area contributed by atoms with Crippen LogP contribution in [0.15, 0.2) is 60.8 Å². The Hall–Kier alpha value is -2.02. The van der Waals surface area contributed by atoms with E-state index in [0.717, 1.165) is 13.0 Å². The third kappa shape index (κ3) is 2.04. The summed E-state index contributed by atoms with van der Waals surface area (Å²) in [6.45, 7) is 1.08. The number of hydrogen-bond acceptors (Lipinski definition) is 1. The summed E-state index contributed by atoms with van der Waals surface area (Å²) in [5.74, 6) is 0. The Labute approximate surface area is 108 Å². The smallest absolute Gasteiger partial charge is 0.0210 e. The van der Waals surface area contributed by atoms with E-state index >= 15 is 0 Å². The van der Waals surface area contributed by atoms with Crippen molar-refractivity contribution in [3.8, 4) is 0 Å². The van der Waals surface area contributed by atoms with Gasteiger partial charge in [0.1, 0.15) is 0 Å². The Morgan fingerprint density at radius 1 is 0.889 bits per heavy atom. The average molecular weight is 235 g/mol. The van der Waals surface area contributed by atoms with Crippen molar-refractivity contribution in [3.63, 3.8) is 0 Å². The normalized spacial score (nSPS) is 14.7. The van der Waals surface area contributed by atoms with Crippen molar-refractivity contribution in [2.24, 2.45) is 0 Å². The predicted octanol–water partition coefficient (Wildman–Crippen LogP) is 3.56. The zero-order chi connectivity index (χ0) is 12.4. The third-order valence-corrected chi connectivity index (χ3v) is 3.48. The van der Waals surface area contributed by atoms with Gasteiger partial charge in [0.2, 0.25) is 0 Å². The lowest BCUT2D eigenvalue weighted by Gasteiger charge is -2.12. The molecule has 0 atom stereocenters. The van der Waals surface area contributed by atoms with Crippen LogP contribution in [0.3, 0.4) is 0 Å². The maximum Gasteiger partial charge on any atom is 0.0210 e. The molecule has 0 spiro atoms. The van der Waals surface area contributed by atoms with Gasteiger partial charge in [0.25, 0.3) is 0 Å². The molecule has 0 fully saturated rings. The number of nitrogens with zero attached hydrogens (tertiary/aromatic N) is 1. The lowest BCUT2D eigenvalue weighted by Crippen LogP contribution is -2.12. The lowest BCUT2D eigenvalue weighted by molar-refractivity contribution is 0.465. The van der Waals surface area contributed by atoms with Gasteiger partial charge in [-0.2, -0.15) is 0 Å². The summed E-state index contributed by atoms with van der Waals surface area (Å²) in [4.78, 5) is 2.28. The van der Waals surface area contributed by atoms with Crippen molar-refractivity contribution in [1.29, 1.82) is 0 Å². The van der Waals surface area contributed by atoms with E-state index in [-0.39, 0.29) is 0 Å². The van der Waals surface area contributed by atoms with Gasteiger partial charge < -0.3 is 4.90 Å². The van der Waals surface area contributed by atoms with Gasteiger partial charge in [-0.1, -0.05) is 54.6 Å². The molecule has 1 heterocycles. The molecule has 1 nitrogen and oxygen atoms in total. The third-order valence-electron chi connectivity index (χ3n) is 3.48. The van der Waals surface area contributed by atoms with Crippen molar-refractivity contribution in [1.82, 2.24) is 4.90 Å². The van der Waals surface area contributed by atoms with Crippen molar-refractivity contribution >= 4 is 5.57 Å². The first-order valence-corrected chi connectivity index (χ1v) is 6.40. The highest BCUT2D eigenvalue weighted by Gasteiger charge is 2.13. The van der Waals surface area contributed by atoms with Gasteiger partial charge in [0.05, 0.1) is 0 Å². The molecule has 0 radical (unpaired) electrons. The van der Waals surface area contributed by atoms with E-state index in [1.807, 2.05) is 0 Å². The maximum atomic E-state index is 2.28. The summed E-state index contributed by atoms with van der Waals surface area (Å²) in [5, 5.41) is 0. The van der Waals surface area contributed by atoms with E-state index in [1.54, 1.807) is 0 Å². The van der Waals surface area contributed by atoms with Gasteiger partial charge >= 0.3 is 0 Å². The Bertz CT molecular complexity index is 569. The highest BCUT2D eigenvalue weighted by molar-refractivity contribution is 5.81. The molecule has 0 saturated heterocycles. The standard InChI is InChI=1S/C17H17N/c1-18-12-11-15-9-5-6-10-16(15)17(13-18)14-7-3-2-4-8-14/h2-10,13H,11-12H2,1H3. The van der Waals surface area contributed by atoms with Gasteiger partial charge in [-0.3, -0.25) is 0 Å². The van der Waals surface area contributed by atoms with E-state index in [9.17, 15) is 0 Å². The van der Waals surface area contributed by atoms with Crippen LogP contribution < -0.4 is 0 Å². The molecule has 0 N–H and O–H groups in total. The highest BCUT2D eigenvalue weighted by atomic mass is 15.1. The first kappa shape index (κ1) is 11.1. The largest absolute Gasteiger partial charge is 0.380 e. The van der Waals surface area contributed by atoms with Crippen LogP contribution in [0.2, 0.25) is 0 Å². The van der Waals surface area contributed by atoms with Crippen LogP contribution in [0.25, 0.3) is 5.57 Å². The van der Waals surface area contributed by atoms with Crippen LogP contribution in [-0.2, 0) is 6.42 Å². The predicted molar refractivity (Wildman–Crippen MR) is 76.3 cm³/mol. The molecule has 3 rings (SSSR count). The van der Waals surface area contributed by atoms with E-state index in [4.69, 9.17) is 0 Å². The van der Waals surface area contributed by atoms with Crippen LogP contribution in [-0.4, -0.2) is 18.5 Å². The zero-order valence-corrected chi connectivity index (χ0v) is 10.6. The van der Waals surface area contributed by atoms with Gasteiger partial charge in [-0.25, -0.2) is 0 Å². The van der Waals surface area contributed by atoms with Gasteiger partial charge in [0.15, 0.2) is 0 Å². The molecule has 1 aliphatic rings. The minimum atomic E-state index is 1.08. The van der Waals surface area contributed by atoms with Gasteiger partial charge in [-0.15, -0.1) is 0 Å². The molecule has 90 valence electrons. The number of likely N-dealkylation sites (N-methyl/N-ethyl adjacent to an activating group) is 1. The average Bonchev–Trinajstić information content (AvgIpc) is 2.60. The molecule has 0 aromatic heterocycles. The van der Waals surface area contributed by atoms with Crippen molar-refractivity contribution in [2.45, 2.75) is 6.42 Å². The Kier molecular flexibility index (Phi) is 2.89. The molecule has 2 aromatic carbocycles. The summed E-state index contributed by atoms with van der Waals surface area (Å²) < 4.78 is 0. The fraction of sp³-hybridized carbons (Fsp3) is 0.176. The fourth-order valence-corrected chi connectivity index (χ4v) is 2.50. The molecule has 0 unspecified atom stereocenters. The molecule has 0 aliphatic carbocycles. The Balaban J connectivity index is 2.16. The van der Waals surface area contributed by atoms with Crippen LogP contribution in [0.5, 0.6) is 0 Å². The van der Waals surface area contributed by atoms with E-state index < -0.39 is 0 Å². The van der Waals surface area contributed by atoms with E-state index in [2.05, 4.69) is 72.7 Å². The second-order valence-corrected chi connectivity index (χ2v) is 4.80.